The normalized spacial score (nSPS) is 19.7. The number of allylic oxidation sites excluding steroid dienone is 2. The van der Waals surface area contributed by atoms with Crippen LogP contribution in [0.15, 0.2) is 108 Å². The summed E-state index contributed by atoms with van der Waals surface area (Å²) in [4.78, 5) is 29.3. The molecule has 8 nitrogen and oxygen atoms in total. The van der Waals surface area contributed by atoms with Crippen molar-refractivity contribution in [2.24, 2.45) is 17.8 Å². The molecular formula is C42H43IN2O6. The average Bonchev–Trinajstić information content (AvgIpc) is 3.40. The highest BCUT2D eigenvalue weighted by atomic mass is 127. The minimum atomic E-state index is -0.924. The Balaban J connectivity index is 1.26. The second-order valence-electron chi connectivity index (χ2n) is 13.1. The Morgan fingerprint density at radius 1 is 0.980 bits per heavy atom. The number of rotatable bonds is 13. The zero-order chi connectivity index (χ0) is 36.1. The molecular weight excluding hydrogens is 755 g/mol. The number of aromatic hydroxyl groups is 1. The van der Waals surface area contributed by atoms with Gasteiger partial charge in [-0.1, -0.05) is 73.5 Å². The van der Waals surface area contributed by atoms with Crippen LogP contribution >= 0.6 is 22.6 Å². The summed E-state index contributed by atoms with van der Waals surface area (Å²) in [7, 11) is 1.52. The number of benzene rings is 4. The Labute approximate surface area is 312 Å². The van der Waals surface area contributed by atoms with E-state index in [1.54, 1.807) is 18.2 Å². The molecule has 0 bridgehead atoms. The summed E-state index contributed by atoms with van der Waals surface area (Å²) in [6.07, 6.45) is 3.81. The van der Waals surface area contributed by atoms with E-state index >= 15 is 0 Å². The highest BCUT2D eigenvalue weighted by Gasteiger charge is 2.55. The Morgan fingerprint density at radius 3 is 2.29 bits per heavy atom. The van der Waals surface area contributed by atoms with Crippen LogP contribution in [-0.2, 0) is 9.59 Å². The van der Waals surface area contributed by atoms with E-state index in [1.165, 1.54) is 12.0 Å². The van der Waals surface area contributed by atoms with Gasteiger partial charge in [-0.05, 0) is 119 Å². The monoisotopic (exact) mass is 798 g/mol. The molecule has 0 spiro atoms. The highest BCUT2D eigenvalue weighted by Crippen LogP contribution is 2.48. The number of nitrogens with zero attached hydrogens (tertiary/aromatic N) is 1. The maximum absolute atomic E-state index is 14.1. The van der Waals surface area contributed by atoms with Gasteiger partial charge in [-0.15, -0.1) is 0 Å². The van der Waals surface area contributed by atoms with Crippen molar-refractivity contribution in [1.82, 2.24) is 0 Å². The van der Waals surface area contributed by atoms with Crippen molar-refractivity contribution in [1.29, 1.82) is 0 Å². The number of hydrogen-bond donors (Lipinski definition) is 4. The van der Waals surface area contributed by atoms with Gasteiger partial charge in [0.15, 0.2) is 11.5 Å². The van der Waals surface area contributed by atoms with E-state index in [0.29, 0.717) is 46.3 Å². The first-order chi connectivity index (χ1) is 24.7. The van der Waals surface area contributed by atoms with Gasteiger partial charge in [-0.3, -0.25) is 14.5 Å². The standard InChI is InChI=1S/C42H43IN2O6/c1-3-10-29-24-33-39(42(50)45(41(33)49)32-18-16-31(17-19-32)44-30-13-8-5-9-14-30)34(25-46)38(29)36(47)20-15-28(27-11-6-4-7-12-27)21-26-22-35(43)40(48)37(23-26)51-2/h4-9,11-14,16-19,21-23,33-34,36,39,44,46-48H,3,10,15,20,24-25H2,1-2H3/b28-21-/t33-,34+,36-,39-/m1/s1. The van der Waals surface area contributed by atoms with Crippen molar-refractivity contribution in [3.8, 4) is 11.5 Å². The van der Waals surface area contributed by atoms with Crippen LogP contribution in [0.4, 0.5) is 17.1 Å². The Bertz CT molecular complexity index is 1930. The third kappa shape index (κ3) is 7.75. The smallest absolute Gasteiger partial charge is 0.238 e. The number of carbonyl (C=O) groups excluding carboxylic acids is 2. The van der Waals surface area contributed by atoms with Crippen molar-refractivity contribution in [2.45, 2.75) is 45.1 Å². The maximum Gasteiger partial charge on any atom is 0.238 e. The predicted molar refractivity (Wildman–Crippen MR) is 210 cm³/mol. The molecule has 0 saturated carbocycles. The Kier molecular flexibility index (Phi) is 11.6. The number of hydrogen-bond acceptors (Lipinski definition) is 7. The number of halogens is 1. The quantitative estimate of drug-likeness (QED) is 0.0465. The number of fused-ring (bicyclic) bond motifs is 1. The summed E-state index contributed by atoms with van der Waals surface area (Å²) in [5.74, 6) is -2.17. The number of carbonyl (C=O) groups is 2. The third-order valence-corrected chi connectivity index (χ3v) is 10.7. The topological polar surface area (TPSA) is 119 Å². The molecule has 0 unspecified atom stereocenters. The number of nitrogens with one attached hydrogen (secondary N) is 1. The number of phenols is 1. The molecule has 6 rings (SSSR count). The molecule has 1 heterocycles. The molecule has 2 amide bonds. The van der Waals surface area contributed by atoms with Gasteiger partial charge in [0.2, 0.25) is 11.8 Å². The lowest BCUT2D eigenvalue weighted by Crippen LogP contribution is -2.39. The van der Waals surface area contributed by atoms with Crippen LogP contribution in [0.2, 0.25) is 0 Å². The Hall–Kier alpha value is -4.45. The molecule has 264 valence electrons. The molecule has 0 aromatic heterocycles. The average molecular weight is 799 g/mol. The fourth-order valence-electron chi connectivity index (χ4n) is 7.57. The zero-order valence-electron chi connectivity index (χ0n) is 28.8. The second-order valence-corrected chi connectivity index (χ2v) is 14.3. The van der Waals surface area contributed by atoms with Crippen molar-refractivity contribution >= 4 is 63.1 Å². The summed E-state index contributed by atoms with van der Waals surface area (Å²) in [6, 6.07) is 30.6. The van der Waals surface area contributed by atoms with Gasteiger partial charge < -0.3 is 25.4 Å². The van der Waals surface area contributed by atoms with Crippen molar-refractivity contribution in [3.05, 3.63) is 123 Å². The highest BCUT2D eigenvalue weighted by molar-refractivity contribution is 14.1. The van der Waals surface area contributed by atoms with Gasteiger partial charge in [0.1, 0.15) is 0 Å². The van der Waals surface area contributed by atoms with E-state index in [4.69, 9.17) is 4.74 Å². The van der Waals surface area contributed by atoms with Crippen molar-refractivity contribution in [3.63, 3.8) is 0 Å². The molecule has 1 fully saturated rings. The summed E-state index contributed by atoms with van der Waals surface area (Å²) in [5.41, 5.74) is 6.72. The van der Waals surface area contributed by atoms with E-state index in [2.05, 4.69) is 34.8 Å². The van der Waals surface area contributed by atoms with Gasteiger partial charge in [-0.2, -0.15) is 0 Å². The molecule has 1 aliphatic heterocycles. The predicted octanol–water partition coefficient (Wildman–Crippen LogP) is 8.35. The number of aliphatic hydroxyl groups is 2. The summed E-state index contributed by atoms with van der Waals surface area (Å²) < 4.78 is 6.05. The fraction of sp³-hybridized carbons (Fsp3) is 0.286. The zero-order valence-corrected chi connectivity index (χ0v) is 30.9. The van der Waals surface area contributed by atoms with Crippen molar-refractivity contribution < 1.29 is 29.6 Å². The van der Waals surface area contributed by atoms with E-state index in [-0.39, 0.29) is 24.2 Å². The molecule has 4 aromatic carbocycles. The molecule has 9 heteroatoms. The van der Waals surface area contributed by atoms with Crippen LogP contribution in [0.5, 0.6) is 11.5 Å². The fourth-order valence-corrected chi connectivity index (χ4v) is 8.19. The summed E-state index contributed by atoms with van der Waals surface area (Å²) >= 11 is 2.08. The van der Waals surface area contributed by atoms with Crippen LogP contribution in [-0.4, -0.2) is 47.0 Å². The van der Waals surface area contributed by atoms with E-state index in [9.17, 15) is 24.9 Å². The second kappa shape index (κ2) is 16.3. The summed E-state index contributed by atoms with van der Waals surface area (Å²) in [6.45, 7) is 1.71. The molecule has 1 aliphatic carbocycles. The lowest BCUT2D eigenvalue weighted by Gasteiger charge is -2.36. The summed E-state index contributed by atoms with van der Waals surface area (Å²) in [5, 5.41) is 36.5. The van der Waals surface area contributed by atoms with Gasteiger partial charge in [0.05, 0.1) is 40.9 Å². The van der Waals surface area contributed by atoms with E-state index in [1.807, 2.05) is 84.9 Å². The third-order valence-electron chi connectivity index (χ3n) is 9.92. The van der Waals surface area contributed by atoms with Crippen LogP contribution in [0.1, 0.15) is 50.2 Å². The number of phenolic OH excluding ortho intramolecular Hbond substituents is 1. The van der Waals surface area contributed by atoms with Crippen LogP contribution < -0.4 is 15.0 Å². The van der Waals surface area contributed by atoms with Crippen molar-refractivity contribution in [2.75, 3.05) is 23.9 Å². The minimum Gasteiger partial charge on any atom is -0.504 e. The largest absolute Gasteiger partial charge is 0.504 e. The van der Waals surface area contributed by atoms with Gasteiger partial charge in [0.25, 0.3) is 0 Å². The lowest BCUT2D eigenvalue weighted by atomic mass is 9.67. The number of amides is 2. The van der Waals surface area contributed by atoms with Crippen LogP contribution in [0, 0.1) is 21.3 Å². The molecule has 1 saturated heterocycles. The Morgan fingerprint density at radius 2 is 1.65 bits per heavy atom. The SMILES string of the molecule is CCCC1=C([C@H](O)CC/C(=C/c2cc(I)c(O)c(OC)c2)c2ccccc2)[C@H](CO)[C@@H]2C(=O)N(c3ccc(Nc4ccccc4)cc3)C(=O)[C@@H]2C1. The number of methoxy groups -OCH3 is 1. The minimum absolute atomic E-state index is 0.0866. The van der Waals surface area contributed by atoms with Gasteiger partial charge in [0, 0.05) is 17.3 Å². The number of imide groups is 1. The van der Waals surface area contributed by atoms with Gasteiger partial charge in [-0.25, -0.2) is 0 Å². The van der Waals surface area contributed by atoms with Crippen LogP contribution in [0.25, 0.3) is 11.6 Å². The molecule has 4 aromatic rings. The first-order valence-electron chi connectivity index (χ1n) is 17.4. The molecule has 0 radical (unpaired) electrons. The molecule has 51 heavy (non-hydrogen) atoms. The molecule has 4 N–H and O–H groups in total. The number of para-hydroxylation sites is 1. The van der Waals surface area contributed by atoms with E-state index in [0.717, 1.165) is 40.1 Å². The number of anilines is 3. The number of ether oxygens (including phenoxy) is 1. The lowest BCUT2D eigenvalue weighted by molar-refractivity contribution is -0.123. The molecule has 4 atom stereocenters. The maximum atomic E-state index is 14.1. The van der Waals surface area contributed by atoms with Crippen LogP contribution in [0.3, 0.4) is 0 Å². The first-order valence-corrected chi connectivity index (χ1v) is 18.4. The molecule has 2 aliphatic rings. The first kappa shape index (κ1) is 36.3. The number of aliphatic hydroxyl groups excluding tert-OH is 2. The van der Waals surface area contributed by atoms with Gasteiger partial charge >= 0.3 is 0 Å². The van der Waals surface area contributed by atoms with E-state index < -0.39 is 23.9 Å².